The highest BCUT2D eigenvalue weighted by molar-refractivity contribution is 7.91. The Morgan fingerprint density at radius 1 is 1.04 bits per heavy atom. The van der Waals surface area contributed by atoms with Crippen LogP contribution in [-0.2, 0) is 24.7 Å². The number of rotatable bonds is 6. The van der Waals surface area contributed by atoms with Gasteiger partial charge >= 0.3 is 0 Å². The van der Waals surface area contributed by atoms with Crippen molar-refractivity contribution in [2.75, 3.05) is 50.0 Å². The highest BCUT2D eigenvalue weighted by Crippen LogP contribution is 2.29. The summed E-state index contributed by atoms with van der Waals surface area (Å²) in [6, 6.07) is -0.0510. The van der Waals surface area contributed by atoms with E-state index in [1.807, 2.05) is 9.80 Å². The van der Waals surface area contributed by atoms with E-state index in [1.165, 1.54) is 4.31 Å². The molecule has 1 saturated carbocycles. The molecule has 1 unspecified atom stereocenters. The van der Waals surface area contributed by atoms with Gasteiger partial charge in [0.2, 0.25) is 15.9 Å². The number of sulfonamides is 1. The summed E-state index contributed by atoms with van der Waals surface area (Å²) in [5.41, 5.74) is 0. The van der Waals surface area contributed by atoms with Crippen molar-refractivity contribution in [1.82, 2.24) is 14.1 Å². The summed E-state index contributed by atoms with van der Waals surface area (Å²) < 4.78 is 49.3. The SMILES string of the molecule is CCS(=O)(=O)N1CCN(CC(=O)N(C2CCCC2)C2CCS(=O)(=O)C2)CC1. The zero-order valence-electron chi connectivity index (χ0n) is 16.0. The van der Waals surface area contributed by atoms with Gasteiger partial charge in [0.15, 0.2) is 9.84 Å². The van der Waals surface area contributed by atoms with Crippen LogP contribution < -0.4 is 0 Å². The van der Waals surface area contributed by atoms with E-state index < -0.39 is 19.9 Å². The molecule has 0 aromatic heterocycles. The molecule has 1 aliphatic carbocycles. The fraction of sp³-hybridized carbons (Fsp3) is 0.941. The van der Waals surface area contributed by atoms with Crippen molar-refractivity contribution in [2.45, 2.75) is 51.1 Å². The van der Waals surface area contributed by atoms with Crippen LogP contribution in [0.1, 0.15) is 39.0 Å². The zero-order valence-corrected chi connectivity index (χ0v) is 17.7. The van der Waals surface area contributed by atoms with Gasteiger partial charge in [-0.2, -0.15) is 4.31 Å². The molecule has 0 aromatic carbocycles. The molecule has 2 aliphatic heterocycles. The molecule has 0 spiro atoms. The first kappa shape index (κ1) is 21.0. The summed E-state index contributed by atoms with van der Waals surface area (Å²) in [5.74, 6) is 0.340. The van der Waals surface area contributed by atoms with E-state index >= 15 is 0 Å². The van der Waals surface area contributed by atoms with Gasteiger partial charge in [0.25, 0.3) is 0 Å². The molecule has 0 aromatic rings. The largest absolute Gasteiger partial charge is 0.335 e. The topological polar surface area (TPSA) is 95.1 Å². The van der Waals surface area contributed by atoms with Crippen molar-refractivity contribution in [1.29, 1.82) is 0 Å². The maximum atomic E-state index is 13.1. The molecular formula is C17H31N3O5S2. The van der Waals surface area contributed by atoms with Crippen LogP contribution in [0.3, 0.4) is 0 Å². The molecule has 156 valence electrons. The first-order valence-electron chi connectivity index (χ1n) is 9.93. The van der Waals surface area contributed by atoms with Gasteiger partial charge in [-0.1, -0.05) is 12.8 Å². The monoisotopic (exact) mass is 421 g/mol. The minimum absolute atomic E-state index is 0.00389. The van der Waals surface area contributed by atoms with E-state index in [0.29, 0.717) is 32.6 Å². The maximum absolute atomic E-state index is 13.1. The third-order valence-corrected chi connectivity index (χ3v) is 9.69. The molecule has 27 heavy (non-hydrogen) atoms. The summed E-state index contributed by atoms with van der Waals surface area (Å²) in [6.07, 6.45) is 4.60. The van der Waals surface area contributed by atoms with Gasteiger partial charge in [0.05, 0.1) is 23.8 Å². The predicted molar refractivity (Wildman–Crippen MR) is 104 cm³/mol. The number of amides is 1. The van der Waals surface area contributed by atoms with Crippen LogP contribution in [0.5, 0.6) is 0 Å². The third kappa shape index (κ3) is 5.02. The molecule has 10 heteroatoms. The van der Waals surface area contributed by atoms with Crippen LogP contribution in [0, 0.1) is 0 Å². The summed E-state index contributed by atoms with van der Waals surface area (Å²) in [5, 5.41) is 0. The fourth-order valence-corrected chi connectivity index (χ4v) is 7.30. The summed E-state index contributed by atoms with van der Waals surface area (Å²) in [6.45, 7) is 3.77. The number of carbonyl (C=O) groups is 1. The second-order valence-corrected chi connectivity index (χ2v) is 12.4. The number of sulfone groups is 1. The molecule has 3 rings (SSSR count). The molecule has 3 aliphatic rings. The van der Waals surface area contributed by atoms with Gasteiger partial charge in [-0.15, -0.1) is 0 Å². The minimum Gasteiger partial charge on any atom is -0.335 e. The van der Waals surface area contributed by atoms with E-state index in [-0.39, 0.29) is 41.8 Å². The smallest absolute Gasteiger partial charge is 0.237 e. The second kappa shape index (κ2) is 8.34. The van der Waals surface area contributed by atoms with E-state index in [1.54, 1.807) is 6.92 Å². The molecule has 2 saturated heterocycles. The lowest BCUT2D eigenvalue weighted by molar-refractivity contribution is -0.137. The molecule has 0 N–H and O–H groups in total. The van der Waals surface area contributed by atoms with Crippen molar-refractivity contribution >= 4 is 25.8 Å². The lowest BCUT2D eigenvalue weighted by atomic mass is 10.1. The van der Waals surface area contributed by atoms with Gasteiger partial charge in [-0.05, 0) is 26.2 Å². The molecule has 0 radical (unpaired) electrons. The number of hydrogen-bond acceptors (Lipinski definition) is 6. The van der Waals surface area contributed by atoms with E-state index in [9.17, 15) is 21.6 Å². The average Bonchev–Trinajstić information content (AvgIpc) is 3.26. The molecule has 8 nitrogen and oxygen atoms in total. The summed E-state index contributed by atoms with van der Waals surface area (Å²) in [7, 11) is -6.23. The minimum atomic E-state index is -3.18. The van der Waals surface area contributed by atoms with Crippen molar-refractivity contribution in [3.63, 3.8) is 0 Å². The van der Waals surface area contributed by atoms with Gasteiger partial charge in [0.1, 0.15) is 0 Å². The number of piperazine rings is 1. The van der Waals surface area contributed by atoms with E-state index in [2.05, 4.69) is 0 Å². The quantitative estimate of drug-likeness (QED) is 0.595. The number of hydrogen-bond donors (Lipinski definition) is 0. The van der Waals surface area contributed by atoms with Gasteiger partial charge in [-0.3, -0.25) is 9.69 Å². The molecular weight excluding hydrogens is 390 g/mol. The lowest BCUT2D eigenvalue weighted by Gasteiger charge is -2.38. The summed E-state index contributed by atoms with van der Waals surface area (Å²) in [4.78, 5) is 17.0. The van der Waals surface area contributed by atoms with Crippen molar-refractivity contribution in [3.8, 4) is 0 Å². The van der Waals surface area contributed by atoms with Crippen molar-refractivity contribution in [3.05, 3.63) is 0 Å². The van der Waals surface area contributed by atoms with Crippen LogP contribution in [0.15, 0.2) is 0 Å². The molecule has 2 heterocycles. The van der Waals surface area contributed by atoms with Crippen LogP contribution in [0.4, 0.5) is 0 Å². The highest BCUT2D eigenvalue weighted by atomic mass is 32.2. The van der Waals surface area contributed by atoms with Crippen LogP contribution in [0.25, 0.3) is 0 Å². The Morgan fingerprint density at radius 3 is 2.19 bits per heavy atom. The maximum Gasteiger partial charge on any atom is 0.237 e. The summed E-state index contributed by atoms with van der Waals surface area (Å²) >= 11 is 0. The Labute approximate surface area is 162 Å². The standard InChI is InChI=1S/C17H31N3O5S2/c1-2-27(24,25)19-10-8-18(9-11-19)13-17(21)20(15-5-3-4-6-15)16-7-12-26(22,23)14-16/h15-16H,2-14H2,1H3. The average molecular weight is 422 g/mol. The zero-order chi connectivity index (χ0) is 19.7. The normalized spacial score (nSPS) is 27.8. The van der Waals surface area contributed by atoms with Crippen LogP contribution in [-0.4, -0.2) is 98.9 Å². The molecule has 0 bridgehead atoms. The molecule has 1 amide bonds. The fourth-order valence-electron chi connectivity index (χ4n) is 4.50. The Hall–Kier alpha value is -0.710. The predicted octanol–water partition coefficient (Wildman–Crippen LogP) is -0.0880. The van der Waals surface area contributed by atoms with Gasteiger partial charge in [0, 0.05) is 38.3 Å². The Kier molecular flexibility index (Phi) is 6.49. The lowest BCUT2D eigenvalue weighted by Crippen LogP contribution is -2.54. The van der Waals surface area contributed by atoms with Gasteiger partial charge < -0.3 is 4.90 Å². The molecule has 1 atom stereocenters. The Balaban J connectivity index is 1.62. The van der Waals surface area contributed by atoms with Crippen LogP contribution in [0.2, 0.25) is 0 Å². The first-order chi connectivity index (χ1) is 12.7. The number of nitrogens with zero attached hydrogens (tertiary/aromatic N) is 3. The third-order valence-electron chi connectivity index (χ3n) is 6.06. The van der Waals surface area contributed by atoms with E-state index in [0.717, 1.165) is 25.7 Å². The number of carbonyl (C=O) groups excluding carboxylic acids is 1. The first-order valence-corrected chi connectivity index (χ1v) is 13.4. The Bertz CT molecular complexity index is 739. The van der Waals surface area contributed by atoms with Crippen molar-refractivity contribution < 1.29 is 21.6 Å². The van der Waals surface area contributed by atoms with E-state index in [4.69, 9.17) is 0 Å². The van der Waals surface area contributed by atoms with Crippen molar-refractivity contribution in [2.24, 2.45) is 0 Å². The highest BCUT2D eigenvalue weighted by Gasteiger charge is 2.39. The molecule has 3 fully saturated rings. The second-order valence-electron chi connectivity index (χ2n) is 7.87. The van der Waals surface area contributed by atoms with Crippen LogP contribution >= 0.6 is 0 Å². The van der Waals surface area contributed by atoms with Gasteiger partial charge in [-0.25, -0.2) is 16.8 Å². The Morgan fingerprint density at radius 2 is 1.67 bits per heavy atom.